The van der Waals surface area contributed by atoms with Crippen molar-refractivity contribution in [3.63, 3.8) is 0 Å². The van der Waals surface area contributed by atoms with E-state index in [1.165, 1.54) is 6.42 Å². The molecule has 0 radical (unpaired) electrons. The Kier molecular flexibility index (Phi) is 2.56. The van der Waals surface area contributed by atoms with E-state index < -0.39 is 5.60 Å². The van der Waals surface area contributed by atoms with Gasteiger partial charge in [-0.25, -0.2) is 0 Å². The van der Waals surface area contributed by atoms with Gasteiger partial charge < -0.3 is 10.0 Å². The van der Waals surface area contributed by atoms with E-state index >= 15 is 0 Å². The first-order valence-corrected chi connectivity index (χ1v) is 5.94. The average Bonchev–Trinajstić information content (AvgIpc) is 2.21. The number of hydrogen-bond acceptors (Lipinski definition) is 2. The van der Waals surface area contributed by atoms with Crippen molar-refractivity contribution < 1.29 is 5.11 Å². The van der Waals surface area contributed by atoms with Crippen LogP contribution in [0.4, 0.5) is 0 Å². The van der Waals surface area contributed by atoms with Crippen molar-refractivity contribution >= 4 is 0 Å². The van der Waals surface area contributed by atoms with E-state index in [0.717, 1.165) is 32.2 Å². The Morgan fingerprint density at radius 1 is 1.40 bits per heavy atom. The van der Waals surface area contributed by atoms with Crippen LogP contribution in [0.5, 0.6) is 0 Å². The van der Waals surface area contributed by atoms with E-state index in [0.29, 0.717) is 6.04 Å². The van der Waals surface area contributed by atoms with E-state index in [4.69, 9.17) is 6.42 Å². The van der Waals surface area contributed by atoms with Gasteiger partial charge in [0.1, 0.15) is 5.60 Å². The van der Waals surface area contributed by atoms with Crippen molar-refractivity contribution in [1.29, 1.82) is 0 Å². The molecule has 2 nitrogen and oxygen atoms in total. The number of rotatable bonds is 0. The molecule has 0 aromatic carbocycles. The topological polar surface area (TPSA) is 23.5 Å². The van der Waals surface area contributed by atoms with Crippen LogP contribution in [0.3, 0.4) is 0 Å². The summed E-state index contributed by atoms with van der Waals surface area (Å²) in [6, 6.07) is 0.459. The zero-order valence-corrected chi connectivity index (χ0v) is 9.79. The third-order valence-corrected chi connectivity index (χ3v) is 4.67. The summed E-state index contributed by atoms with van der Waals surface area (Å²) in [6.07, 6.45) is 10.8. The van der Waals surface area contributed by atoms with Gasteiger partial charge in [0.2, 0.25) is 0 Å². The second kappa shape index (κ2) is 3.50. The molecular formula is C13H21NO. The SMILES string of the molecule is C#C[C@]1(O)CCCC2N(C)CCC[C@@]21C. The van der Waals surface area contributed by atoms with E-state index in [2.05, 4.69) is 24.8 Å². The van der Waals surface area contributed by atoms with Gasteiger partial charge >= 0.3 is 0 Å². The smallest absolute Gasteiger partial charge is 0.132 e. The van der Waals surface area contributed by atoms with E-state index in [1.54, 1.807) is 0 Å². The molecule has 15 heavy (non-hydrogen) atoms. The molecule has 1 saturated heterocycles. The third kappa shape index (κ3) is 1.41. The molecule has 2 aliphatic rings. The van der Waals surface area contributed by atoms with Gasteiger partial charge in [0.15, 0.2) is 0 Å². The van der Waals surface area contributed by atoms with Crippen molar-refractivity contribution in [3.8, 4) is 12.3 Å². The maximum absolute atomic E-state index is 10.6. The van der Waals surface area contributed by atoms with Crippen molar-refractivity contribution in [2.24, 2.45) is 5.41 Å². The van der Waals surface area contributed by atoms with Crippen LogP contribution in [0.2, 0.25) is 0 Å². The molecule has 2 rings (SSSR count). The molecule has 1 N–H and O–H groups in total. The summed E-state index contributed by atoms with van der Waals surface area (Å²) >= 11 is 0. The van der Waals surface area contributed by atoms with E-state index in [9.17, 15) is 5.11 Å². The van der Waals surface area contributed by atoms with Crippen LogP contribution in [-0.2, 0) is 0 Å². The lowest BCUT2D eigenvalue weighted by molar-refractivity contribution is -0.127. The van der Waals surface area contributed by atoms with Crippen LogP contribution in [0, 0.1) is 17.8 Å². The molecule has 1 unspecified atom stereocenters. The van der Waals surface area contributed by atoms with Gasteiger partial charge in [-0.05, 0) is 45.7 Å². The summed E-state index contributed by atoms with van der Waals surface area (Å²) in [5.74, 6) is 2.67. The zero-order valence-electron chi connectivity index (χ0n) is 9.79. The number of likely N-dealkylation sites (tertiary alicyclic amines) is 1. The van der Waals surface area contributed by atoms with Crippen molar-refractivity contribution in [3.05, 3.63) is 0 Å². The summed E-state index contributed by atoms with van der Waals surface area (Å²) < 4.78 is 0. The number of nitrogens with zero attached hydrogens (tertiary/aromatic N) is 1. The fraction of sp³-hybridized carbons (Fsp3) is 0.846. The molecule has 0 spiro atoms. The highest BCUT2D eigenvalue weighted by atomic mass is 16.3. The maximum atomic E-state index is 10.6. The summed E-state index contributed by atoms with van der Waals surface area (Å²) in [4.78, 5) is 2.38. The fourth-order valence-electron chi connectivity index (χ4n) is 3.60. The minimum atomic E-state index is -0.884. The summed E-state index contributed by atoms with van der Waals surface area (Å²) in [7, 11) is 2.16. The predicted octanol–water partition coefficient (Wildman–Crippen LogP) is 1.64. The largest absolute Gasteiger partial charge is 0.377 e. The molecule has 1 aliphatic heterocycles. The molecule has 2 fully saturated rings. The highest BCUT2D eigenvalue weighted by Crippen LogP contribution is 2.50. The van der Waals surface area contributed by atoms with Crippen LogP contribution < -0.4 is 0 Å². The minimum Gasteiger partial charge on any atom is -0.377 e. The van der Waals surface area contributed by atoms with E-state index in [1.807, 2.05) is 0 Å². The Hall–Kier alpha value is -0.520. The summed E-state index contributed by atoms with van der Waals surface area (Å²) in [6.45, 7) is 3.31. The monoisotopic (exact) mass is 207 g/mol. The number of terminal acetylenes is 1. The molecule has 0 aromatic heterocycles. The molecular weight excluding hydrogens is 186 g/mol. The highest BCUT2D eigenvalue weighted by Gasteiger charge is 2.55. The number of hydrogen-bond donors (Lipinski definition) is 1. The minimum absolute atomic E-state index is 0.104. The second-order valence-electron chi connectivity index (χ2n) is 5.41. The molecule has 0 amide bonds. The maximum Gasteiger partial charge on any atom is 0.132 e. The standard InChI is InChI=1S/C13H21NO/c1-4-13(15)9-5-7-11-12(13,2)8-6-10-14(11)3/h1,11,15H,5-10H2,2-3H3/t11?,12-,13-/m0/s1. The Morgan fingerprint density at radius 2 is 2.13 bits per heavy atom. The highest BCUT2D eigenvalue weighted by molar-refractivity contribution is 5.21. The molecule has 1 saturated carbocycles. The fourth-order valence-corrected chi connectivity index (χ4v) is 3.60. The lowest BCUT2D eigenvalue weighted by Gasteiger charge is -2.56. The number of fused-ring (bicyclic) bond motifs is 1. The first-order chi connectivity index (χ1) is 7.03. The first kappa shape index (κ1) is 11.0. The summed E-state index contributed by atoms with van der Waals surface area (Å²) in [5, 5.41) is 10.6. The molecule has 2 heteroatoms. The quantitative estimate of drug-likeness (QED) is 0.610. The van der Waals surface area contributed by atoms with Crippen molar-refractivity contribution in [2.75, 3.05) is 13.6 Å². The van der Waals surface area contributed by atoms with Gasteiger partial charge in [0.05, 0.1) is 0 Å². The van der Waals surface area contributed by atoms with Crippen LogP contribution in [0.25, 0.3) is 0 Å². The van der Waals surface area contributed by atoms with Gasteiger partial charge in [-0.1, -0.05) is 12.8 Å². The van der Waals surface area contributed by atoms with E-state index in [-0.39, 0.29) is 5.41 Å². The molecule has 1 aliphatic carbocycles. The number of piperidine rings is 1. The molecule has 0 bridgehead atoms. The van der Waals surface area contributed by atoms with Crippen LogP contribution in [0.1, 0.15) is 39.0 Å². The van der Waals surface area contributed by atoms with Gasteiger partial charge in [0.25, 0.3) is 0 Å². The van der Waals surface area contributed by atoms with Crippen molar-refractivity contribution in [1.82, 2.24) is 4.90 Å². The Balaban J connectivity index is 2.35. The molecule has 3 atom stereocenters. The molecule has 0 aromatic rings. The average molecular weight is 207 g/mol. The Labute approximate surface area is 92.7 Å². The van der Waals surface area contributed by atoms with Gasteiger partial charge in [-0.15, -0.1) is 6.42 Å². The summed E-state index contributed by atoms with van der Waals surface area (Å²) in [5.41, 5.74) is -0.988. The lowest BCUT2D eigenvalue weighted by atomic mass is 9.58. The van der Waals surface area contributed by atoms with Gasteiger partial charge in [-0.3, -0.25) is 0 Å². The zero-order chi connectivity index (χ0) is 11.1. The first-order valence-electron chi connectivity index (χ1n) is 5.94. The van der Waals surface area contributed by atoms with Crippen LogP contribution >= 0.6 is 0 Å². The van der Waals surface area contributed by atoms with Gasteiger partial charge in [0, 0.05) is 11.5 Å². The second-order valence-corrected chi connectivity index (χ2v) is 5.41. The lowest BCUT2D eigenvalue weighted by Crippen LogP contribution is -2.62. The number of aliphatic hydroxyl groups is 1. The van der Waals surface area contributed by atoms with Crippen LogP contribution in [0.15, 0.2) is 0 Å². The Bertz CT molecular complexity index is 295. The van der Waals surface area contributed by atoms with Crippen molar-refractivity contribution in [2.45, 2.75) is 50.7 Å². The van der Waals surface area contributed by atoms with Gasteiger partial charge in [-0.2, -0.15) is 0 Å². The molecule has 84 valence electrons. The van der Waals surface area contributed by atoms with Crippen LogP contribution in [-0.4, -0.2) is 35.2 Å². The Morgan fingerprint density at radius 3 is 2.80 bits per heavy atom. The third-order valence-electron chi connectivity index (χ3n) is 4.67. The normalized spacial score (nSPS) is 46.9. The molecule has 1 heterocycles. The predicted molar refractivity (Wildman–Crippen MR) is 61.4 cm³/mol.